The van der Waals surface area contributed by atoms with Gasteiger partial charge in [-0.05, 0) is 32.4 Å². The number of carbonyl (C=O) groups is 2. The van der Waals surface area contributed by atoms with Crippen LogP contribution in [-0.4, -0.2) is 31.1 Å². The Morgan fingerprint density at radius 3 is 2.53 bits per heavy atom. The fourth-order valence-corrected chi connectivity index (χ4v) is 1.60. The number of nitrogens with one attached hydrogen (secondary N) is 3. The first-order chi connectivity index (χ1) is 9.13. The molecule has 0 saturated carbocycles. The summed E-state index contributed by atoms with van der Waals surface area (Å²) in [7, 11) is 0. The fraction of sp³-hybridized carbons (Fsp3) is 0.429. The van der Waals surface area contributed by atoms with Crippen molar-refractivity contribution in [3.8, 4) is 0 Å². The summed E-state index contributed by atoms with van der Waals surface area (Å²) in [5.74, 6) is -0.320. The van der Waals surface area contributed by atoms with Crippen LogP contribution in [0.25, 0.3) is 0 Å². The maximum Gasteiger partial charge on any atom is 0.321 e. The average Bonchev–Trinajstić information content (AvgIpc) is 2.40. The summed E-state index contributed by atoms with van der Waals surface area (Å²) in [5, 5.41) is 7.88. The van der Waals surface area contributed by atoms with Gasteiger partial charge >= 0.3 is 6.03 Å². The van der Waals surface area contributed by atoms with Crippen LogP contribution in [0.3, 0.4) is 0 Å². The van der Waals surface area contributed by atoms with Crippen LogP contribution in [0, 0.1) is 0 Å². The lowest BCUT2D eigenvalue weighted by Crippen LogP contribution is -2.48. The summed E-state index contributed by atoms with van der Waals surface area (Å²) in [6.07, 6.45) is 0.847. The van der Waals surface area contributed by atoms with Crippen molar-refractivity contribution in [1.82, 2.24) is 16.0 Å². The largest absolute Gasteiger partial charge is 0.338 e. The van der Waals surface area contributed by atoms with E-state index in [-0.39, 0.29) is 5.91 Å². The molecule has 3 amide bonds. The molecule has 104 valence electrons. The molecule has 5 nitrogen and oxygen atoms in total. The van der Waals surface area contributed by atoms with Gasteiger partial charge in [-0.3, -0.25) is 10.1 Å². The molecule has 0 aliphatic heterocycles. The SMILES string of the molecule is CCNC(=O)NC(=O)C(C)NCCc1ccccc1. The van der Waals surface area contributed by atoms with Gasteiger partial charge in [0.05, 0.1) is 6.04 Å². The summed E-state index contributed by atoms with van der Waals surface area (Å²) < 4.78 is 0. The minimum atomic E-state index is -0.454. The van der Waals surface area contributed by atoms with Crippen LogP contribution < -0.4 is 16.0 Å². The molecule has 1 rings (SSSR count). The molecule has 0 fully saturated rings. The van der Waals surface area contributed by atoms with Crippen LogP contribution in [0.1, 0.15) is 19.4 Å². The van der Waals surface area contributed by atoms with Gasteiger partial charge in [-0.2, -0.15) is 0 Å². The summed E-state index contributed by atoms with van der Waals surface area (Å²) in [6.45, 7) is 4.72. The molecular formula is C14H21N3O2. The zero-order valence-corrected chi connectivity index (χ0v) is 11.4. The molecule has 1 aromatic rings. The number of urea groups is 1. The molecule has 0 spiro atoms. The van der Waals surface area contributed by atoms with Crippen molar-refractivity contribution in [2.75, 3.05) is 13.1 Å². The molecule has 0 aliphatic rings. The standard InChI is InChI=1S/C14H21N3O2/c1-3-15-14(19)17-13(18)11(2)16-10-9-12-7-5-4-6-8-12/h4-8,11,16H,3,9-10H2,1-2H3,(H2,15,17,18,19). The van der Waals surface area contributed by atoms with Crippen LogP contribution in [0.5, 0.6) is 0 Å². The Kier molecular flexibility index (Phi) is 6.60. The molecule has 0 aromatic heterocycles. The van der Waals surface area contributed by atoms with E-state index in [0.717, 1.165) is 6.42 Å². The van der Waals surface area contributed by atoms with E-state index in [1.807, 2.05) is 30.3 Å². The Morgan fingerprint density at radius 1 is 1.21 bits per heavy atom. The van der Waals surface area contributed by atoms with Gasteiger partial charge in [0, 0.05) is 6.54 Å². The summed E-state index contributed by atoms with van der Waals surface area (Å²) >= 11 is 0. The molecule has 0 saturated heterocycles. The zero-order valence-electron chi connectivity index (χ0n) is 11.4. The lowest BCUT2D eigenvalue weighted by Gasteiger charge is -2.13. The first-order valence-corrected chi connectivity index (χ1v) is 6.49. The third-order valence-electron chi connectivity index (χ3n) is 2.67. The van der Waals surface area contributed by atoms with Crippen LogP contribution in [0.4, 0.5) is 4.79 Å². The molecule has 0 aliphatic carbocycles. The number of imide groups is 1. The van der Waals surface area contributed by atoms with Crippen LogP contribution >= 0.6 is 0 Å². The van der Waals surface area contributed by atoms with Crippen molar-refractivity contribution in [2.24, 2.45) is 0 Å². The number of benzene rings is 1. The van der Waals surface area contributed by atoms with Crippen molar-refractivity contribution < 1.29 is 9.59 Å². The molecule has 0 radical (unpaired) electrons. The molecule has 19 heavy (non-hydrogen) atoms. The van der Waals surface area contributed by atoms with Crippen molar-refractivity contribution in [1.29, 1.82) is 0 Å². The highest BCUT2D eigenvalue weighted by molar-refractivity contribution is 5.96. The Bertz CT molecular complexity index is 406. The Labute approximate surface area is 113 Å². The van der Waals surface area contributed by atoms with E-state index in [4.69, 9.17) is 0 Å². The predicted molar refractivity (Wildman–Crippen MR) is 74.8 cm³/mol. The van der Waals surface area contributed by atoms with Crippen molar-refractivity contribution in [3.63, 3.8) is 0 Å². The van der Waals surface area contributed by atoms with Gasteiger partial charge < -0.3 is 10.6 Å². The fourth-order valence-electron chi connectivity index (χ4n) is 1.60. The van der Waals surface area contributed by atoms with Gasteiger partial charge in [0.25, 0.3) is 0 Å². The summed E-state index contributed by atoms with van der Waals surface area (Å²) in [5.41, 5.74) is 1.21. The molecule has 0 heterocycles. The molecule has 5 heteroatoms. The number of hydrogen-bond acceptors (Lipinski definition) is 3. The monoisotopic (exact) mass is 263 g/mol. The van der Waals surface area contributed by atoms with Crippen LogP contribution in [0.15, 0.2) is 30.3 Å². The van der Waals surface area contributed by atoms with Crippen LogP contribution in [-0.2, 0) is 11.2 Å². The van der Waals surface area contributed by atoms with Gasteiger partial charge in [0.15, 0.2) is 0 Å². The zero-order chi connectivity index (χ0) is 14.1. The van der Waals surface area contributed by atoms with Gasteiger partial charge in [-0.15, -0.1) is 0 Å². The number of amides is 3. The van der Waals surface area contributed by atoms with Gasteiger partial charge in [0.2, 0.25) is 5.91 Å². The third-order valence-corrected chi connectivity index (χ3v) is 2.67. The highest BCUT2D eigenvalue weighted by Gasteiger charge is 2.14. The summed E-state index contributed by atoms with van der Waals surface area (Å²) in [6, 6.07) is 9.18. The van der Waals surface area contributed by atoms with E-state index in [9.17, 15) is 9.59 Å². The highest BCUT2D eigenvalue weighted by atomic mass is 16.2. The van der Waals surface area contributed by atoms with Crippen molar-refractivity contribution >= 4 is 11.9 Å². The van der Waals surface area contributed by atoms with E-state index in [2.05, 4.69) is 16.0 Å². The van der Waals surface area contributed by atoms with E-state index in [0.29, 0.717) is 13.1 Å². The molecule has 3 N–H and O–H groups in total. The maximum atomic E-state index is 11.6. The number of hydrogen-bond donors (Lipinski definition) is 3. The summed E-state index contributed by atoms with van der Waals surface area (Å²) in [4.78, 5) is 22.8. The molecule has 1 aromatic carbocycles. The topological polar surface area (TPSA) is 70.2 Å². The molecule has 0 bridgehead atoms. The van der Waals surface area contributed by atoms with E-state index in [1.54, 1.807) is 13.8 Å². The molecular weight excluding hydrogens is 242 g/mol. The smallest absolute Gasteiger partial charge is 0.321 e. The van der Waals surface area contributed by atoms with Crippen molar-refractivity contribution in [3.05, 3.63) is 35.9 Å². The lowest BCUT2D eigenvalue weighted by molar-refractivity contribution is -0.121. The van der Waals surface area contributed by atoms with Gasteiger partial charge in [0.1, 0.15) is 0 Å². The van der Waals surface area contributed by atoms with Gasteiger partial charge in [-0.1, -0.05) is 30.3 Å². The molecule has 1 atom stereocenters. The van der Waals surface area contributed by atoms with Gasteiger partial charge in [-0.25, -0.2) is 4.79 Å². The second kappa shape index (κ2) is 8.26. The van der Waals surface area contributed by atoms with Crippen molar-refractivity contribution in [2.45, 2.75) is 26.3 Å². The van der Waals surface area contributed by atoms with E-state index in [1.165, 1.54) is 5.56 Å². The third kappa shape index (κ3) is 6.01. The second-order valence-corrected chi connectivity index (χ2v) is 4.26. The Morgan fingerprint density at radius 2 is 1.89 bits per heavy atom. The normalized spacial score (nSPS) is 11.7. The lowest BCUT2D eigenvalue weighted by atomic mass is 10.1. The maximum absolute atomic E-state index is 11.6. The van der Waals surface area contributed by atoms with E-state index < -0.39 is 12.1 Å². The van der Waals surface area contributed by atoms with Crippen LogP contribution in [0.2, 0.25) is 0 Å². The Balaban J connectivity index is 2.25. The first kappa shape index (κ1) is 15.2. The Hall–Kier alpha value is -1.88. The minimum Gasteiger partial charge on any atom is -0.338 e. The quantitative estimate of drug-likeness (QED) is 0.718. The number of carbonyl (C=O) groups excluding carboxylic acids is 2. The second-order valence-electron chi connectivity index (χ2n) is 4.26. The molecule has 1 unspecified atom stereocenters. The van der Waals surface area contributed by atoms with E-state index >= 15 is 0 Å². The number of rotatable bonds is 6. The minimum absolute atomic E-state index is 0.320. The average molecular weight is 263 g/mol. The highest BCUT2D eigenvalue weighted by Crippen LogP contribution is 1.98. The first-order valence-electron chi connectivity index (χ1n) is 6.49. The predicted octanol–water partition coefficient (Wildman–Crippen LogP) is 1.05.